The van der Waals surface area contributed by atoms with Crippen LogP contribution in [-0.4, -0.2) is 28.7 Å². The molecule has 2 atom stereocenters. The van der Waals surface area contributed by atoms with Gasteiger partial charge in [0, 0.05) is 11.3 Å². The SMILES string of the molecule is CCOc1ccc(NC(=O)C2CC=CCC2C(=O)O)cc1CO. The van der Waals surface area contributed by atoms with Crippen molar-refractivity contribution in [2.75, 3.05) is 11.9 Å². The van der Waals surface area contributed by atoms with Gasteiger partial charge in [-0.2, -0.15) is 0 Å². The fourth-order valence-corrected chi connectivity index (χ4v) is 2.69. The minimum Gasteiger partial charge on any atom is -0.494 e. The highest BCUT2D eigenvalue weighted by atomic mass is 16.5. The molecule has 1 aliphatic rings. The van der Waals surface area contributed by atoms with E-state index in [4.69, 9.17) is 4.74 Å². The molecule has 0 saturated carbocycles. The molecule has 1 amide bonds. The van der Waals surface area contributed by atoms with Crippen molar-refractivity contribution in [3.8, 4) is 5.75 Å². The fraction of sp³-hybridized carbons (Fsp3) is 0.412. The summed E-state index contributed by atoms with van der Waals surface area (Å²) in [4.78, 5) is 23.7. The van der Waals surface area contributed by atoms with Gasteiger partial charge in [0.25, 0.3) is 0 Å². The molecule has 124 valence electrons. The molecule has 0 radical (unpaired) electrons. The van der Waals surface area contributed by atoms with E-state index >= 15 is 0 Å². The molecule has 0 saturated heterocycles. The van der Waals surface area contributed by atoms with Gasteiger partial charge in [-0.15, -0.1) is 0 Å². The summed E-state index contributed by atoms with van der Waals surface area (Å²) < 4.78 is 5.39. The summed E-state index contributed by atoms with van der Waals surface area (Å²) in [5.41, 5.74) is 1.09. The van der Waals surface area contributed by atoms with Crippen molar-refractivity contribution in [3.63, 3.8) is 0 Å². The average molecular weight is 319 g/mol. The molecule has 23 heavy (non-hydrogen) atoms. The molecule has 2 rings (SSSR count). The van der Waals surface area contributed by atoms with Gasteiger partial charge in [-0.05, 0) is 38.0 Å². The number of amides is 1. The largest absolute Gasteiger partial charge is 0.494 e. The second kappa shape index (κ2) is 7.78. The molecule has 0 fully saturated rings. The summed E-state index contributed by atoms with van der Waals surface area (Å²) in [6.07, 6.45) is 4.40. The zero-order valence-electron chi connectivity index (χ0n) is 13.0. The van der Waals surface area contributed by atoms with Crippen molar-refractivity contribution in [2.24, 2.45) is 11.8 Å². The summed E-state index contributed by atoms with van der Waals surface area (Å²) in [6, 6.07) is 4.99. The van der Waals surface area contributed by atoms with E-state index in [9.17, 15) is 19.8 Å². The third-order valence-electron chi connectivity index (χ3n) is 3.88. The predicted molar refractivity (Wildman–Crippen MR) is 85.2 cm³/mol. The Balaban J connectivity index is 2.13. The van der Waals surface area contributed by atoms with Crippen LogP contribution in [0.15, 0.2) is 30.4 Å². The summed E-state index contributed by atoms with van der Waals surface area (Å²) >= 11 is 0. The number of carbonyl (C=O) groups excluding carboxylic acids is 1. The number of aliphatic hydroxyl groups is 1. The lowest BCUT2D eigenvalue weighted by Crippen LogP contribution is -2.34. The van der Waals surface area contributed by atoms with E-state index in [0.717, 1.165) is 0 Å². The maximum absolute atomic E-state index is 12.4. The highest BCUT2D eigenvalue weighted by molar-refractivity contribution is 5.95. The predicted octanol–water partition coefficient (Wildman–Crippen LogP) is 2.18. The number of allylic oxidation sites excluding steroid dienone is 2. The molecule has 1 aromatic carbocycles. The smallest absolute Gasteiger partial charge is 0.307 e. The maximum Gasteiger partial charge on any atom is 0.307 e. The third-order valence-corrected chi connectivity index (χ3v) is 3.88. The Bertz CT molecular complexity index is 611. The number of carboxylic acids is 1. The highest BCUT2D eigenvalue weighted by Gasteiger charge is 2.33. The average Bonchev–Trinajstić information content (AvgIpc) is 2.56. The van der Waals surface area contributed by atoms with Crippen LogP contribution >= 0.6 is 0 Å². The monoisotopic (exact) mass is 319 g/mol. The van der Waals surface area contributed by atoms with Crippen LogP contribution in [0.5, 0.6) is 5.75 Å². The second-order valence-corrected chi connectivity index (χ2v) is 5.40. The Morgan fingerprint density at radius 3 is 2.57 bits per heavy atom. The summed E-state index contributed by atoms with van der Waals surface area (Å²) in [5, 5.41) is 21.4. The lowest BCUT2D eigenvalue weighted by Gasteiger charge is -2.24. The molecule has 6 heteroatoms. The minimum atomic E-state index is -0.961. The van der Waals surface area contributed by atoms with Gasteiger partial charge in [-0.25, -0.2) is 0 Å². The van der Waals surface area contributed by atoms with Crippen molar-refractivity contribution in [1.29, 1.82) is 0 Å². The normalized spacial score (nSPS) is 20.1. The minimum absolute atomic E-state index is 0.205. The van der Waals surface area contributed by atoms with Gasteiger partial charge in [-0.1, -0.05) is 12.2 Å². The van der Waals surface area contributed by atoms with Crippen LogP contribution in [0.3, 0.4) is 0 Å². The number of hydrogen-bond donors (Lipinski definition) is 3. The molecule has 1 aliphatic carbocycles. The summed E-state index contributed by atoms with van der Waals surface area (Å²) in [5.74, 6) is -2.02. The number of carbonyl (C=O) groups is 2. The van der Waals surface area contributed by atoms with Gasteiger partial charge in [0.1, 0.15) is 5.75 Å². The number of ether oxygens (including phenoxy) is 1. The van der Waals surface area contributed by atoms with E-state index in [0.29, 0.717) is 36.4 Å². The Kier molecular flexibility index (Phi) is 5.76. The van der Waals surface area contributed by atoms with E-state index < -0.39 is 17.8 Å². The first-order valence-corrected chi connectivity index (χ1v) is 7.62. The first-order chi connectivity index (χ1) is 11.1. The first-order valence-electron chi connectivity index (χ1n) is 7.62. The van der Waals surface area contributed by atoms with Crippen LogP contribution in [-0.2, 0) is 16.2 Å². The molecule has 2 unspecified atom stereocenters. The van der Waals surface area contributed by atoms with Crippen LogP contribution < -0.4 is 10.1 Å². The van der Waals surface area contributed by atoms with Gasteiger partial charge in [0.2, 0.25) is 5.91 Å². The second-order valence-electron chi connectivity index (χ2n) is 5.40. The number of anilines is 1. The van der Waals surface area contributed by atoms with Crippen molar-refractivity contribution < 1.29 is 24.5 Å². The molecule has 0 bridgehead atoms. The Hall–Kier alpha value is -2.34. The fourth-order valence-electron chi connectivity index (χ4n) is 2.69. The molecule has 0 heterocycles. The topological polar surface area (TPSA) is 95.9 Å². The number of hydrogen-bond acceptors (Lipinski definition) is 4. The van der Waals surface area contributed by atoms with E-state index in [1.807, 2.05) is 13.0 Å². The molecule has 0 spiro atoms. The van der Waals surface area contributed by atoms with Crippen LogP contribution in [0.25, 0.3) is 0 Å². The summed E-state index contributed by atoms with van der Waals surface area (Å²) in [6.45, 7) is 2.12. The van der Waals surface area contributed by atoms with Gasteiger partial charge in [0.15, 0.2) is 0 Å². The number of nitrogens with one attached hydrogen (secondary N) is 1. The van der Waals surface area contributed by atoms with E-state index in [2.05, 4.69) is 5.32 Å². The Labute approximate surface area is 134 Å². The lowest BCUT2D eigenvalue weighted by molar-refractivity contribution is -0.146. The van der Waals surface area contributed by atoms with Crippen molar-refractivity contribution >= 4 is 17.6 Å². The van der Waals surface area contributed by atoms with Gasteiger partial charge >= 0.3 is 5.97 Å². The van der Waals surface area contributed by atoms with Crippen LogP contribution in [0.1, 0.15) is 25.3 Å². The maximum atomic E-state index is 12.4. The number of aliphatic carboxylic acids is 1. The number of rotatable bonds is 6. The molecule has 1 aromatic rings. The molecule has 6 nitrogen and oxygen atoms in total. The standard InChI is InChI=1S/C17H21NO5/c1-2-23-15-8-7-12(9-11(15)10-19)18-16(20)13-5-3-4-6-14(13)17(21)22/h3-4,7-9,13-14,19H,2,5-6,10H2,1H3,(H,18,20)(H,21,22). The Morgan fingerprint density at radius 1 is 1.26 bits per heavy atom. The van der Waals surface area contributed by atoms with Gasteiger partial charge < -0.3 is 20.3 Å². The Morgan fingerprint density at radius 2 is 1.96 bits per heavy atom. The number of aliphatic hydroxyl groups excluding tert-OH is 1. The van der Waals surface area contributed by atoms with Crippen molar-refractivity contribution in [3.05, 3.63) is 35.9 Å². The molecule has 0 aliphatic heterocycles. The van der Waals surface area contributed by atoms with Gasteiger partial charge in [-0.3, -0.25) is 9.59 Å². The summed E-state index contributed by atoms with van der Waals surface area (Å²) in [7, 11) is 0. The zero-order chi connectivity index (χ0) is 16.8. The molecular formula is C17H21NO5. The number of carboxylic acid groups (broad SMARTS) is 1. The number of benzene rings is 1. The van der Waals surface area contributed by atoms with Crippen molar-refractivity contribution in [1.82, 2.24) is 0 Å². The van der Waals surface area contributed by atoms with Crippen LogP contribution in [0.2, 0.25) is 0 Å². The molecule has 0 aromatic heterocycles. The lowest BCUT2D eigenvalue weighted by atomic mass is 9.82. The molecule has 3 N–H and O–H groups in total. The van der Waals surface area contributed by atoms with E-state index in [1.165, 1.54) is 0 Å². The first kappa shape index (κ1) is 17.0. The van der Waals surface area contributed by atoms with Crippen LogP contribution in [0, 0.1) is 11.8 Å². The third kappa shape index (κ3) is 4.10. The van der Waals surface area contributed by atoms with Crippen LogP contribution in [0.4, 0.5) is 5.69 Å². The van der Waals surface area contributed by atoms with Gasteiger partial charge in [0.05, 0.1) is 25.0 Å². The van der Waals surface area contributed by atoms with E-state index in [-0.39, 0.29) is 12.5 Å². The zero-order valence-corrected chi connectivity index (χ0v) is 13.0. The van der Waals surface area contributed by atoms with Crippen molar-refractivity contribution in [2.45, 2.75) is 26.4 Å². The van der Waals surface area contributed by atoms with E-state index in [1.54, 1.807) is 24.3 Å². The highest BCUT2D eigenvalue weighted by Crippen LogP contribution is 2.28. The molecular weight excluding hydrogens is 298 g/mol. The quantitative estimate of drug-likeness (QED) is 0.699.